The zero-order valence-electron chi connectivity index (χ0n) is 16.3. The number of nitrogens with zero attached hydrogens (tertiary/aromatic N) is 2. The maximum absolute atomic E-state index is 13.3. The van der Waals surface area contributed by atoms with Gasteiger partial charge in [-0.15, -0.1) is 10.2 Å². The highest BCUT2D eigenvalue weighted by Crippen LogP contribution is 2.26. The fraction of sp³-hybridized carbons (Fsp3) is 0.526. The smallest absolute Gasteiger partial charge is 0.408 e. The first-order valence-electron chi connectivity index (χ1n) is 8.82. The zero-order chi connectivity index (χ0) is 20.0. The number of aromatic nitrogens is 2. The molecule has 0 unspecified atom stereocenters. The molecule has 148 valence electrons. The maximum atomic E-state index is 13.3. The van der Waals surface area contributed by atoms with E-state index in [1.165, 1.54) is 23.9 Å². The van der Waals surface area contributed by atoms with Crippen molar-refractivity contribution < 1.29 is 18.3 Å². The Bertz CT molecular complexity index is 759. The van der Waals surface area contributed by atoms with Crippen molar-refractivity contribution in [1.29, 1.82) is 0 Å². The number of benzene rings is 1. The minimum atomic E-state index is -0.590. The predicted molar refractivity (Wildman–Crippen MR) is 102 cm³/mol. The SMILES string of the molecule is CC(C)C[C@@H](NC(=O)OC(C)(C)C)c1nnc(SCc2cccc(F)c2)o1. The van der Waals surface area contributed by atoms with Crippen molar-refractivity contribution in [3.05, 3.63) is 41.5 Å². The van der Waals surface area contributed by atoms with Crippen LogP contribution in [0.2, 0.25) is 0 Å². The summed E-state index contributed by atoms with van der Waals surface area (Å²) < 4.78 is 24.3. The van der Waals surface area contributed by atoms with Crippen molar-refractivity contribution in [3.8, 4) is 0 Å². The maximum Gasteiger partial charge on any atom is 0.408 e. The largest absolute Gasteiger partial charge is 0.444 e. The number of halogens is 1. The van der Waals surface area contributed by atoms with Gasteiger partial charge < -0.3 is 14.5 Å². The van der Waals surface area contributed by atoms with E-state index in [1.54, 1.807) is 26.8 Å². The van der Waals surface area contributed by atoms with Crippen molar-refractivity contribution in [2.24, 2.45) is 5.92 Å². The van der Waals surface area contributed by atoms with Gasteiger partial charge in [-0.25, -0.2) is 9.18 Å². The molecule has 8 heteroatoms. The monoisotopic (exact) mass is 395 g/mol. The molecule has 0 bridgehead atoms. The highest BCUT2D eigenvalue weighted by Gasteiger charge is 2.25. The molecule has 0 aliphatic heterocycles. The third kappa shape index (κ3) is 7.58. The number of carbonyl (C=O) groups excluding carboxylic acids is 1. The van der Waals surface area contributed by atoms with Crippen LogP contribution in [0.25, 0.3) is 0 Å². The van der Waals surface area contributed by atoms with Gasteiger partial charge in [0.25, 0.3) is 5.22 Å². The van der Waals surface area contributed by atoms with Crippen LogP contribution in [0.4, 0.5) is 9.18 Å². The number of rotatable bonds is 7. The van der Waals surface area contributed by atoms with E-state index in [9.17, 15) is 9.18 Å². The third-order valence-corrected chi connectivity index (χ3v) is 4.26. The second kappa shape index (κ2) is 9.21. The molecule has 0 aliphatic carbocycles. The van der Waals surface area contributed by atoms with Crippen molar-refractivity contribution >= 4 is 17.9 Å². The molecule has 1 atom stereocenters. The Morgan fingerprint density at radius 2 is 2.07 bits per heavy atom. The number of ether oxygens (including phenoxy) is 1. The van der Waals surface area contributed by atoms with Gasteiger partial charge in [0.15, 0.2) is 0 Å². The van der Waals surface area contributed by atoms with Gasteiger partial charge in [0.1, 0.15) is 17.5 Å². The molecule has 1 heterocycles. The average molecular weight is 396 g/mol. The van der Waals surface area contributed by atoms with Gasteiger partial charge in [-0.3, -0.25) is 0 Å². The lowest BCUT2D eigenvalue weighted by Gasteiger charge is -2.22. The van der Waals surface area contributed by atoms with Crippen molar-refractivity contribution in [2.75, 3.05) is 0 Å². The summed E-state index contributed by atoms with van der Waals surface area (Å²) in [4.78, 5) is 12.1. The van der Waals surface area contributed by atoms with Gasteiger partial charge in [-0.2, -0.15) is 0 Å². The number of nitrogens with one attached hydrogen (secondary N) is 1. The van der Waals surface area contributed by atoms with E-state index in [2.05, 4.69) is 15.5 Å². The summed E-state index contributed by atoms with van der Waals surface area (Å²) in [6.45, 7) is 9.49. The van der Waals surface area contributed by atoms with Gasteiger partial charge >= 0.3 is 6.09 Å². The van der Waals surface area contributed by atoms with Crippen LogP contribution in [0.5, 0.6) is 0 Å². The molecular weight excluding hydrogens is 369 g/mol. The predicted octanol–water partition coefficient (Wildman–Crippen LogP) is 5.11. The lowest BCUT2D eigenvalue weighted by atomic mass is 10.0. The summed E-state index contributed by atoms with van der Waals surface area (Å²) in [7, 11) is 0. The number of hydrogen-bond acceptors (Lipinski definition) is 6. The van der Waals surface area contributed by atoms with Gasteiger partial charge in [-0.1, -0.05) is 37.7 Å². The number of thioether (sulfide) groups is 1. The quantitative estimate of drug-likeness (QED) is 0.656. The fourth-order valence-electron chi connectivity index (χ4n) is 2.33. The Morgan fingerprint density at radius 3 is 2.70 bits per heavy atom. The Labute approximate surface area is 163 Å². The van der Waals surface area contributed by atoms with Crippen molar-refractivity contribution in [3.63, 3.8) is 0 Å². The average Bonchev–Trinajstić information content (AvgIpc) is 2.99. The normalized spacial score (nSPS) is 12.9. The third-order valence-electron chi connectivity index (χ3n) is 3.37. The minimum Gasteiger partial charge on any atom is -0.444 e. The summed E-state index contributed by atoms with van der Waals surface area (Å²) >= 11 is 1.32. The molecule has 0 saturated carbocycles. The molecule has 27 heavy (non-hydrogen) atoms. The molecule has 6 nitrogen and oxygen atoms in total. The van der Waals surface area contributed by atoms with E-state index in [1.807, 2.05) is 19.9 Å². The second-order valence-electron chi connectivity index (χ2n) is 7.65. The van der Waals surface area contributed by atoms with E-state index in [0.717, 1.165) is 5.56 Å². The molecule has 1 aromatic heterocycles. The first kappa shape index (κ1) is 21.2. The van der Waals surface area contributed by atoms with E-state index < -0.39 is 17.7 Å². The second-order valence-corrected chi connectivity index (χ2v) is 8.58. The Hall–Kier alpha value is -2.09. The zero-order valence-corrected chi connectivity index (χ0v) is 17.1. The standard InChI is InChI=1S/C19H26FN3O3S/c1-12(2)9-15(21-17(24)26-19(3,4)5)16-22-23-18(25-16)27-11-13-7-6-8-14(20)10-13/h6-8,10,12,15H,9,11H2,1-5H3,(H,21,24)/t15-/m1/s1. The van der Waals surface area contributed by atoms with Gasteiger partial charge in [0, 0.05) is 5.75 Å². The van der Waals surface area contributed by atoms with Crippen LogP contribution in [-0.4, -0.2) is 21.9 Å². The number of carbonyl (C=O) groups is 1. The lowest BCUT2D eigenvalue weighted by Crippen LogP contribution is -2.35. The highest BCUT2D eigenvalue weighted by atomic mass is 32.2. The molecule has 2 aromatic rings. The highest BCUT2D eigenvalue weighted by molar-refractivity contribution is 7.98. The van der Waals surface area contributed by atoms with Gasteiger partial charge in [-0.05, 0) is 50.8 Å². The molecule has 0 spiro atoms. The lowest BCUT2D eigenvalue weighted by molar-refractivity contribution is 0.0487. The summed E-state index contributed by atoms with van der Waals surface area (Å²) in [5, 5.41) is 11.3. The van der Waals surface area contributed by atoms with Gasteiger partial charge in [0.2, 0.25) is 5.89 Å². The summed E-state index contributed by atoms with van der Waals surface area (Å²) in [5.74, 6) is 0.864. The molecule has 0 radical (unpaired) electrons. The molecule has 1 N–H and O–H groups in total. The van der Waals surface area contributed by atoms with Crippen molar-refractivity contribution in [2.45, 2.75) is 63.7 Å². The van der Waals surface area contributed by atoms with Crippen LogP contribution >= 0.6 is 11.8 Å². The summed E-state index contributed by atoms with van der Waals surface area (Å²) in [6.07, 6.45) is 0.107. The van der Waals surface area contributed by atoms with Crippen LogP contribution in [0, 0.1) is 11.7 Å². The Balaban J connectivity index is 2.02. The molecule has 1 aromatic carbocycles. The van der Waals surface area contributed by atoms with Crippen molar-refractivity contribution in [1.82, 2.24) is 15.5 Å². The van der Waals surface area contributed by atoms with Crippen LogP contribution in [0.3, 0.4) is 0 Å². The van der Waals surface area contributed by atoms with Crippen LogP contribution < -0.4 is 5.32 Å². The van der Waals surface area contributed by atoms with E-state index >= 15 is 0 Å². The number of hydrogen-bond donors (Lipinski definition) is 1. The number of alkyl carbamates (subject to hydrolysis) is 1. The molecular formula is C19H26FN3O3S. The van der Waals surface area contributed by atoms with Crippen LogP contribution in [0.15, 0.2) is 33.9 Å². The molecule has 1 amide bonds. The molecule has 0 fully saturated rings. The first-order valence-corrected chi connectivity index (χ1v) is 9.81. The van der Waals surface area contributed by atoms with E-state index in [-0.39, 0.29) is 5.82 Å². The van der Waals surface area contributed by atoms with Crippen LogP contribution in [0.1, 0.15) is 58.5 Å². The number of amides is 1. The summed E-state index contributed by atoms with van der Waals surface area (Å²) in [5.41, 5.74) is 0.234. The van der Waals surface area contributed by atoms with E-state index in [0.29, 0.717) is 29.2 Å². The molecule has 0 aliphatic rings. The summed E-state index contributed by atoms with van der Waals surface area (Å²) in [6, 6.07) is 5.93. The topological polar surface area (TPSA) is 77.2 Å². The van der Waals surface area contributed by atoms with Crippen LogP contribution in [-0.2, 0) is 10.5 Å². The van der Waals surface area contributed by atoms with Gasteiger partial charge in [0.05, 0.1) is 0 Å². The minimum absolute atomic E-state index is 0.280. The first-order chi connectivity index (χ1) is 12.6. The Kier molecular flexibility index (Phi) is 7.24. The fourth-order valence-corrected chi connectivity index (χ4v) is 3.05. The Morgan fingerprint density at radius 1 is 1.33 bits per heavy atom. The molecule has 2 rings (SSSR count). The van der Waals surface area contributed by atoms with E-state index in [4.69, 9.17) is 9.15 Å². The molecule has 0 saturated heterocycles.